The van der Waals surface area contributed by atoms with E-state index in [0.29, 0.717) is 22.0 Å². The van der Waals surface area contributed by atoms with Crippen molar-refractivity contribution in [3.8, 4) is 5.75 Å². The summed E-state index contributed by atoms with van der Waals surface area (Å²) in [6, 6.07) is 11.7. The standard InChI is InChI=1S/C17H15N3O3S/c1-11-8-13(20-23-11)10-24-17-15(6-3-7-18-17)16(22)19-12-4-2-5-14(21)9-12/h2-9,21H,10H2,1H3,(H,19,22). The maximum atomic E-state index is 12.5. The number of nitrogens with one attached hydrogen (secondary N) is 1. The molecule has 3 rings (SSSR count). The van der Waals surface area contributed by atoms with Crippen molar-refractivity contribution in [2.45, 2.75) is 17.7 Å². The molecule has 0 saturated heterocycles. The number of thioether (sulfide) groups is 1. The van der Waals surface area contributed by atoms with Crippen molar-refractivity contribution >= 4 is 23.4 Å². The number of benzene rings is 1. The Bertz CT molecular complexity index is 864. The molecule has 2 heterocycles. The molecule has 0 spiro atoms. The van der Waals surface area contributed by atoms with Crippen LogP contribution < -0.4 is 5.32 Å². The second kappa shape index (κ2) is 7.18. The van der Waals surface area contributed by atoms with Crippen LogP contribution in [0.2, 0.25) is 0 Å². The number of aromatic nitrogens is 2. The first-order valence-corrected chi connectivity index (χ1v) is 8.21. The van der Waals surface area contributed by atoms with Gasteiger partial charge in [-0.25, -0.2) is 4.98 Å². The van der Waals surface area contributed by atoms with Crippen LogP contribution in [0.3, 0.4) is 0 Å². The van der Waals surface area contributed by atoms with E-state index >= 15 is 0 Å². The predicted molar refractivity (Wildman–Crippen MR) is 91.1 cm³/mol. The lowest BCUT2D eigenvalue weighted by Gasteiger charge is -2.08. The second-order valence-electron chi connectivity index (χ2n) is 5.08. The highest BCUT2D eigenvalue weighted by molar-refractivity contribution is 7.98. The summed E-state index contributed by atoms with van der Waals surface area (Å²) in [7, 11) is 0. The first kappa shape index (κ1) is 16.1. The van der Waals surface area contributed by atoms with Crippen molar-refractivity contribution in [3.63, 3.8) is 0 Å². The van der Waals surface area contributed by atoms with Crippen LogP contribution in [-0.4, -0.2) is 21.2 Å². The lowest BCUT2D eigenvalue weighted by Crippen LogP contribution is -2.13. The molecule has 0 bridgehead atoms. The molecule has 2 N–H and O–H groups in total. The normalized spacial score (nSPS) is 10.5. The van der Waals surface area contributed by atoms with Gasteiger partial charge in [-0.3, -0.25) is 4.79 Å². The summed E-state index contributed by atoms with van der Waals surface area (Å²) in [5, 5.41) is 16.8. The number of aryl methyl sites for hydroxylation is 1. The van der Waals surface area contributed by atoms with Crippen molar-refractivity contribution in [2.24, 2.45) is 0 Å². The summed E-state index contributed by atoms with van der Waals surface area (Å²) in [5.41, 5.74) is 1.78. The molecule has 0 unspecified atom stereocenters. The summed E-state index contributed by atoms with van der Waals surface area (Å²) in [4.78, 5) is 16.8. The van der Waals surface area contributed by atoms with E-state index in [-0.39, 0.29) is 11.7 Å². The molecular formula is C17H15N3O3S. The lowest BCUT2D eigenvalue weighted by atomic mass is 10.2. The van der Waals surface area contributed by atoms with Gasteiger partial charge in [0.1, 0.15) is 16.5 Å². The average Bonchev–Trinajstić information content (AvgIpc) is 2.99. The van der Waals surface area contributed by atoms with E-state index in [0.717, 1.165) is 11.5 Å². The monoisotopic (exact) mass is 341 g/mol. The summed E-state index contributed by atoms with van der Waals surface area (Å²) in [6.07, 6.45) is 1.64. The van der Waals surface area contributed by atoms with Gasteiger partial charge in [-0.2, -0.15) is 0 Å². The van der Waals surface area contributed by atoms with Gasteiger partial charge in [0.15, 0.2) is 0 Å². The molecule has 7 heteroatoms. The predicted octanol–water partition coefficient (Wildman–Crippen LogP) is 3.63. The molecule has 24 heavy (non-hydrogen) atoms. The molecule has 1 aromatic carbocycles. The Labute approximate surface area is 142 Å². The van der Waals surface area contributed by atoms with Crippen LogP contribution in [-0.2, 0) is 5.75 Å². The first-order valence-electron chi connectivity index (χ1n) is 7.22. The molecule has 0 aliphatic heterocycles. The lowest BCUT2D eigenvalue weighted by molar-refractivity contribution is 0.102. The summed E-state index contributed by atoms with van der Waals surface area (Å²) in [5.74, 6) is 1.11. The Morgan fingerprint density at radius 2 is 2.17 bits per heavy atom. The first-order chi connectivity index (χ1) is 11.6. The fraction of sp³-hybridized carbons (Fsp3) is 0.118. The smallest absolute Gasteiger partial charge is 0.258 e. The van der Waals surface area contributed by atoms with Crippen molar-refractivity contribution in [1.29, 1.82) is 0 Å². The van der Waals surface area contributed by atoms with Gasteiger partial charge in [-0.05, 0) is 31.2 Å². The minimum Gasteiger partial charge on any atom is -0.508 e. The quantitative estimate of drug-likeness (QED) is 0.689. The number of carbonyl (C=O) groups excluding carboxylic acids is 1. The van der Waals surface area contributed by atoms with Gasteiger partial charge < -0.3 is 14.9 Å². The van der Waals surface area contributed by atoms with Crippen LogP contribution in [0.15, 0.2) is 58.2 Å². The molecule has 0 atom stereocenters. The largest absolute Gasteiger partial charge is 0.508 e. The zero-order chi connectivity index (χ0) is 16.9. The Hall–Kier alpha value is -2.80. The number of pyridine rings is 1. The number of hydrogen-bond acceptors (Lipinski definition) is 6. The summed E-state index contributed by atoms with van der Waals surface area (Å²) < 4.78 is 5.03. The topological polar surface area (TPSA) is 88.2 Å². The summed E-state index contributed by atoms with van der Waals surface area (Å²) >= 11 is 1.41. The zero-order valence-corrected chi connectivity index (χ0v) is 13.7. The van der Waals surface area contributed by atoms with Crippen molar-refractivity contribution in [2.75, 3.05) is 5.32 Å². The molecule has 6 nitrogen and oxygen atoms in total. The van der Waals surface area contributed by atoms with Gasteiger partial charge in [-0.15, -0.1) is 0 Å². The molecule has 1 amide bonds. The summed E-state index contributed by atoms with van der Waals surface area (Å²) in [6.45, 7) is 1.83. The number of amides is 1. The third-order valence-corrected chi connectivity index (χ3v) is 4.19. The molecule has 122 valence electrons. The van der Waals surface area contributed by atoms with E-state index in [1.807, 2.05) is 13.0 Å². The van der Waals surface area contributed by atoms with E-state index in [1.165, 1.54) is 17.8 Å². The van der Waals surface area contributed by atoms with Crippen molar-refractivity contribution < 1.29 is 14.4 Å². The van der Waals surface area contributed by atoms with E-state index in [2.05, 4.69) is 15.5 Å². The average molecular weight is 341 g/mol. The molecule has 0 saturated carbocycles. The van der Waals surface area contributed by atoms with Crippen LogP contribution in [0.4, 0.5) is 5.69 Å². The second-order valence-corrected chi connectivity index (χ2v) is 6.04. The van der Waals surface area contributed by atoms with Crippen LogP contribution in [0, 0.1) is 6.92 Å². The minimum atomic E-state index is -0.285. The van der Waals surface area contributed by atoms with Crippen molar-refractivity contribution in [3.05, 3.63) is 65.7 Å². The van der Waals surface area contributed by atoms with Crippen LogP contribution in [0.5, 0.6) is 5.75 Å². The number of carbonyl (C=O) groups is 1. The number of aromatic hydroxyl groups is 1. The SMILES string of the molecule is Cc1cc(CSc2ncccc2C(=O)Nc2cccc(O)c2)no1. The number of hydrogen-bond donors (Lipinski definition) is 2. The fourth-order valence-electron chi connectivity index (χ4n) is 2.09. The van der Waals surface area contributed by atoms with Gasteiger partial charge >= 0.3 is 0 Å². The Balaban J connectivity index is 1.74. The number of rotatable bonds is 5. The number of nitrogens with zero attached hydrogens (tertiary/aromatic N) is 2. The molecule has 0 aliphatic carbocycles. The van der Waals surface area contributed by atoms with Gasteiger partial charge in [0.05, 0.1) is 11.3 Å². The molecule has 0 fully saturated rings. The number of phenolic OH excluding ortho intramolecular Hbond substituents is 1. The molecule has 3 aromatic rings. The molecule has 2 aromatic heterocycles. The maximum Gasteiger partial charge on any atom is 0.258 e. The van der Waals surface area contributed by atoms with Crippen LogP contribution in [0.25, 0.3) is 0 Å². The van der Waals surface area contributed by atoms with Crippen LogP contribution in [0.1, 0.15) is 21.8 Å². The van der Waals surface area contributed by atoms with Crippen molar-refractivity contribution in [1.82, 2.24) is 10.1 Å². The van der Waals surface area contributed by atoms with E-state index < -0.39 is 0 Å². The minimum absolute atomic E-state index is 0.0926. The fourth-order valence-corrected chi connectivity index (χ4v) is 2.96. The molecule has 0 radical (unpaired) electrons. The highest BCUT2D eigenvalue weighted by Gasteiger charge is 2.14. The Kier molecular flexibility index (Phi) is 4.81. The van der Waals surface area contributed by atoms with Gasteiger partial charge in [-0.1, -0.05) is 23.0 Å². The van der Waals surface area contributed by atoms with Gasteiger partial charge in [0.2, 0.25) is 0 Å². The Morgan fingerprint density at radius 3 is 2.92 bits per heavy atom. The van der Waals surface area contributed by atoms with E-state index in [4.69, 9.17) is 4.52 Å². The third-order valence-electron chi connectivity index (χ3n) is 3.15. The molecular weight excluding hydrogens is 326 g/mol. The van der Waals surface area contributed by atoms with E-state index in [1.54, 1.807) is 36.5 Å². The third kappa shape index (κ3) is 3.94. The van der Waals surface area contributed by atoms with E-state index in [9.17, 15) is 9.90 Å². The number of anilines is 1. The van der Waals surface area contributed by atoms with Gasteiger partial charge in [0.25, 0.3) is 5.91 Å². The van der Waals surface area contributed by atoms with Crippen LogP contribution >= 0.6 is 11.8 Å². The Morgan fingerprint density at radius 1 is 1.29 bits per heavy atom. The van der Waals surface area contributed by atoms with Gasteiger partial charge in [0, 0.05) is 29.8 Å². The maximum absolute atomic E-state index is 12.5. The number of phenols is 1. The highest BCUT2D eigenvalue weighted by Crippen LogP contribution is 2.25. The molecule has 0 aliphatic rings. The zero-order valence-electron chi connectivity index (χ0n) is 12.9. The highest BCUT2D eigenvalue weighted by atomic mass is 32.2.